The number of carboxylic acids is 1. The van der Waals surface area contributed by atoms with E-state index in [1.165, 1.54) is 12.8 Å². The minimum atomic E-state index is -0.631. The molecule has 2 heterocycles. The van der Waals surface area contributed by atoms with Crippen molar-refractivity contribution in [1.29, 1.82) is 0 Å². The summed E-state index contributed by atoms with van der Waals surface area (Å²) in [5.74, 6) is -0.631. The van der Waals surface area contributed by atoms with Crippen molar-refractivity contribution in [3.8, 4) is 0 Å². The van der Waals surface area contributed by atoms with Crippen LogP contribution in [-0.4, -0.2) is 59.6 Å². The summed E-state index contributed by atoms with van der Waals surface area (Å²) in [4.78, 5) is 16.2. The molecule has 3 unspecified atom stereocenters. The van der Waals surface area contributed by atoms with Crippen LogP contribution in [0.15, 0.2) is 0 Å². The molecule has 1 N–H and O–H groups in total. The Labute approximate surface area is 110 Å². The van der Waals surface area contributed by atoms with Gasteiger partial charge in [0, 0.05) is 18.6 Å². The topological polar surface area (TPSA) is 43.8 Å². The smallest absolute Gasteiger partial charge is 0.310 e. The fourth-order valence-corrected chi connectivity index (χ4v) is 3.36. The molecule has 0 radical (unpaired) electrons. The predicted molar refractivity (Wildman–Crippen MR) is 71.7 cm³/mol. The van der Waals surface area contributed by atoms with Gasteiger partial charge in [0.1, 0.15) is 0 Å². The first kappa shape index (κ1) is 13.8. The van der Waals surface area contributed by atoms with E-state index in [1.54, 1.807) is 0 Å². The Morgan fingerprint density at radius 2 is 2.11 bits per heavy atom. The molecule has 0 amide bonds. The third-order valence-electron chi connectivity index (χ3n) is 4.94. The van der Waals surface area contributed by atoms with Crippen molar-refractivity contribution in [1.82, 2.24) is 9.80 Å². The van der Waals surface area contributed by atoms with Crippen molar-refractivity contribution in [2.24, 2.45) is 5.41 Å². The highest BCUT2D eigenvalue weighted by Gasteiger charge is 2.40. The summed E-state index contributed by atoms with van der Waals surface area (Å²) in [5, 5.41) is 9.37. The van der Waals surface area contributed by atoms with Crippen LogP contribution in [0.5, 0.6) is 0 Å². The minimum absolute atomic E-state index is 0.537. The highest BCUT2D eigenvalue weighted by atomic mass is 16.4. The molecule has 2 saturated heterocycles. The van der Waals surface area contributed by atoms with E-state index in [4.69, 9.17) is 0 Å². The minimum Gasteiger partial charge on any atom is -0.481 e. The monoisotopic (exact) mass is 254 g/mol. The van der Waals surface area contributed by atoms with Gasteiger partial charge in [-0.3, -0.25) is 9.69 Å². The van der Waals surface area contributed by atoms with E-state index in [0.29, 0.717) is 12.1 Å². The molecule has 18 heavy (non-hydrogen) atoms. The normalized spacial score (nSPS) is 39.7. The summed E-state index contributed by atoms with van der Waals surface area (Å²) >= 11 is 0. The van der Waals surface area contributed by atoms with Crippen molar-refractivity contribution < 1.29 is 9.90 Å². The zero-order valence-electron chi connectivity index (χ0n) is 11.9. The van der Waals surface area contributed by atoms with Crippen molar-refractivity contribution in [2.75, 3.05) is 26.7 Å². The number of hydrogen-bond acceptors (Lipinski definition) is 3. The van der Waals surface area contributed by atoms with E-state index >= 15 is 0 Å². The number of piperidine rings is 2. The zero-order chi connectivity index (χ0) is 13.3. The molecule has 0 aromatic rings. The summed E-state index contributed by atoms with van der Waals surface area (Å²) in [5.41, 5.74) is -0.537. The third kappa shape index (κ3) is 2.69. The molecule has 3 atom stereocenters. The van der Waals surface area contributed by atoms with Gasteiger partial charge in [0.2, 0.25) is 0 Å². The second-order valence-electron chi connectivity index (χ2n) is 6.45. The van der Waals surface area contributed by atoms with Crippen LogP contribution in [0.2, 0.25) is 0 Å². The van der Waals surface area contributed by atoms with E-state index < -0.39 is 11.4 Å². The maximum Gasteiger partial charge on any atom is 0.310 e. The Balaban J connectivity index is 1.99. The van der Waals surface area contributed by atoms with Gasteiger partial charge in [-0.25, -0.2) is 0 Å². The van der Waals surface area contributed by atoms with Crippen LogP contribution < -0.4 is 0 Å². The highest BCUT2D eigenvalue weighted by molar-refractivity contribution is 5.74. The van der Waals surface area contributed by atoms with Crippen molar-refractivity contribution in [3.05, 3.63) is 0 Å². The lowest BCUT2D eigenvalue weighted by Crippen LogP contribution is -2.54. The van der Waals surface area contributed by atoms with Gasteiger partial charge in [-0.2, -0.15) is 0 Å². The van der Waals surface area contributed by atoms with Crippen molar-refractivity contribution in [2.45, 2.75) is 51.6 Å². The zero-order valence-corrected chi connectivity index (χ0v) is 11.9. The van der Waals surface area contributed by atoms with Crippen LogP contribution in [-0.2, 0) is 4.79 Å². The quantitative estimate of drug-likeness (QED) is 0.814. The van der Waals surface area contributed by atoms with Gasteiger partial charge in [-0.05, 0) is 59.7 Å². The maximum absolute atomic E-state index is 11.4. The second-order valence-corrected chi connectivity index (χ2v) is 6.45. The van der Waals surface area contributed by atoms with Gasteiger partial charge in [0.15, 0.2) is 0 Å². The second kappa shape index (κ2) is 5.17. The molecular weight excluding hydrogens is 228 g/mol. The van der Waals surface area contributed by atoms with Crippen molar-refractivity contribution >= 4 is 5.97 Å². The molecule has 0 aromatic heterocycles. The highest BCUT2D eigenvalue weighted by Crippen LogP contribution is 2.33. The van der Waals surface area contributed by atoms with Gasteiger partial charge in [0.25, 0.3) is 0 Å². The van der Waals surface area contributed by atoms with Crippen LogP contribution in [0.25, 0.3) is 0 Å². The molecule has 104 valence electrons. The standard InChI is InChI=1S/C14H26N2O2/c1-11-9-12(5-8-15(11)3)16-7-4-6-14(2,10-16)13(17)18/h11-12H,4-10H2,1-3H3,(H,17,18). The van der Waals surface area contributed by atoms with Crippen LogP contribution in [0.3, 0.4) is 0 Å². The molecule has 4 heteroatoms. The van der Waals surface area contributed by atoms with E-state index in [9.17, 15) is 9.90 Å². The van der Waals surface area contributed by atoms with Gasteiger partial charge in [-0.1, -0.05) is 0 Å². The number of hydrogen-bond donors (Lipinski definition) is 1. The first-order valence-corrected chi connectivity index (χ1v) is 7.10. The van der Waals surface area contributed by atoms with E-state index in [-0.39, 0.29) is 0 Å². The van der Waals surface area contributed by atoms with Gasteiger partial charge in [0.05, 0.1) is 5.41 Å². The van der Waals surface area contributed by atoms with E-state index in [2.05, 4.69) is 23.8 Å². The first-order chi connectivity index (χ1) is 8.42. The average Bonchev–Trinajstić information content (AvgIpc) is 2.32. The Kier molecular flexibility index (Phi) is 3.97. The molecule has 0 aromatic carbocycles. The largest absolute Gasteiger partial charge is 0.481 e. The molecule has 2 aliphatic heterocycles. The lowest BCUT2D eigenvalue weighted by molar-refractivity contribution is -0.152. The lowest BCUT2D eigenvalue weighted by Gasteiger charge is -2.46. The van der Waals surface area contributed by atoms with Gasteiger partial charge < -0.3 is 10.0 Å². The molecule has 0 aliphatic carbocycles. The maximum atomic E-state index is 11.4. The number of nitrogens with zero attached hydrogens (tertiary/aromatic N) is 2. The number of carbonyl (C=O) groups is 1. The number of likely N-dealkylation sites (tertiary alicyclic amines) is 2. The van der Waals surface area contributed by atoms with Crippen LogP contribution in [0, 0.1) is 5.41 Å². The average molecular weight is 254 g/mol. The summed E-state index contributed by atoms with van der Waals surface area (Å²) < 4.78 is 0. The van der Waals surface area contributed by atoms with Gasteiger partial charge in [-0.15, -0.1) is 0 Å². The first-order valence-electron chi connectivity index (χ1n) is 7.10. The molecule has 2 rings (SSSR count). The Morgan fingerprint density at radius 3 is 2.72 bits per heavy atom. The molecule has 2 fully saturated rings. The molecule has 0 saturated carbocycles. The summed E-state index contributed by atoms with van der Waals surface area (Å²) in [6, 6.07) is 1.19. The number of aliphatic carboxylic acids is 1. The number of carboxylic acid groups (broad SMARTS) is 1. The molecule has 0 spiro atoms. The van der Waals surface area contributed by atoms with E-state index in [1.807, 2.05) is 6.92 Å². The molecule has 2 aliphatic rings. The van der Waals surface area contributed by atoms with Crippen LogP contribution in [0.4, 0.5) is 0 Å². The Morgan fingerprint density at radius 1 is 1.39 bits per heavy atom. The lowest BCUT2D eigenvalue weighted by atomic mass is 9.80. The number of rotatable bonds is 2. The third-order valence-corrected chi connectivity index (χ3v) is 4.94. The fourth-order valence-electron chi connectivity index (χ4n) is 3.36. The van der Waals surface area contributed by atoms with Crippen LogP contribution in [0.1, 0.15) is 39.5 Å². The summed E-state index contributed by atoms with van der Waals surface area (Å²) in [6.07, 6.45) is 4.19. The molecule has 4 nitrogen and oxygen atoms in total. The summed E-state index contributed by atoms with van der Waals surface area (Å²) in [6.45, 7) is 7.10. The summed E-state index contributed by atoms with van der Waals surface area (Å²) in [7, 11) is 2.18. The van der Waals surface area contributed by atoms with Gasteiger partial charge >= 0.3 is 5.97 Å². The molecule has 0 bridgehead atoms. The van der Waals surface area contributed by atoms with E-state index in [0.717, 1.165) is 32.5 Å². The Hall–Kier alpha value is -0.610. The van der Waals surface area contributed by atoms with Crippen molar-refractivity contribution in [3.63, 3.8) is 0 Å². The van der Waals surface area contributed by atoms with Crippen LogP contribution >= 0.6 is 0 Å². The SMILES string of the molecule is CC1CC(N2CCCC(C)(C(=O)O)C2)CCN1C. The predicted octanol–water partition coefficient (Wildman–Crippen LogP) is 1.66. The molecular formula is C14H26N2O2. The fraction of sp³-hybridized carbons (Fsp3) is 0.929. The Bertz CT molecular complexity index is 321.